The van der Waals surface area contributed by atoms with Crippen LogP contribution in [0.4, 0.5) is 10.1 Å². The molecule has 1 saturated heterocycles. The van der Waals surface area contributed by atoms with E-state index in [9.17, 15) is 14.0 Å². The molecule has 9 heteroatoms. The predicted molar refractivity (Wildman–Crippen MR) is 131 cm³/mol. The second kappa shape index (κ2) is 13.0. The van der Waals surface area contributed by atoms with Crippen LogP contribution in [0, 0.1) is 5.82 Å². The number of hydrogen-bond donors (Lipinski definition) is 2. The summed E-state index contributed by atoms with van der Waals surface area (Å²) in [5.41, 5.74) is 1.98. The fourth-order valence-electron chi connectivity index (χ4n) is 4.19. The van der Waals surface area contributed by atoms with Gasteiger partial charge in [-0.05, 0) is 49.0 Å². The number of nitrogens with zero attached hydrogens (tertiary/aromatic N) is 4. The molecular weight excluding hydrogens is 435 g/mol. The van der Waals surface area contributed by atoms with Gasteiger partial charge in [0.1, 0.15) is 5.82 Å². The van der Waals surface area contributed by atoms with E-state index in [1.807, 2.05) is 12.1 Å². The van der Waals surface area contributed by atoms with E-state index in [2.05, 4.69) is 44.2 Å². The number of halogens is 1. The van der Waals surface area contributed by atoms with Gasteiger partial charge in [0, 0.05) is 63.9 Å². The molecule has 2 amide bonds. The van der Waals surface area contributed by atoms with E-state index in [-0.39, 0.29) is 11.9 Å². The Morgan fingerprint density at radius 1 is 1.03 bits per heavy atom. The van der Waals surface area contributed by atoms with Crippen LogP contribution in [-0.2, 0) is 9.59 Å². The summed E-state index contributed by atoms with van der Waals surface area (Å²) in [6, 6.07) is 10.3. The molecule has 8 nitrogen and oxygen atoms in total. The lowest BCUT2D eigenvalue weighted by atomic mass is 10.1. The Labute approximate surface area is 201 Å². The minimum absolute atomic E-state index is 0.100. The van der Waals surface area contributed by atoms with Crippen molar-refractivity contribution in [3.05, 3.63) is 60.2 Å². The highest BCUT2D eigenvalue weighted by atomic mass is 19.1. The van der Waals surface area contributed by atoms with Crippen LogP contribution in [0.3, 0.4) is 0 Å². The lowest BCUT2D eigenvalue weighted by Gasteiger charge is -2.40. The van der Waals surface area contributed by atoms with E-state index in [0.29, 0.717) is 19.6 Å². The van der Waals surface area contributed by atoms with Crippen molar-refractivity contribution in [2.45, 2.75) is 19.9 Å². The zero-order chi connectivity index (χ0) is 24.3. The van der Waals surface area contributed by atoms with Crippen LogP contribution in [0.1, 0.15) is 25.5 Å². The van der Waals surface area contributed by atoms with Gasteiger partial charge in [0.05, 0.1) is 6.04 Å². The van der Waals surface area contributed by atoms with Gasteiger partial charge < -0.3 is 20.4 Å². The van der Waals surface area contributed by atoms with Crippen molar-refractivity contribution in [3.8, 4) is 0 Å². The van der Waals surface area contributed by atoms with Crippen molar-refractivity contribution in [2.24, 2.45) is 0 Å². The average Bonchev–Trinajstić information content (AvgIpc) is 2.88. The van der Waals surface area contributed by atoms with Crippen molar-refractivity contribution in [1.29, 1.82) is 0 Å². The fraction of sp³-hybridized carbons (Fsp3) is 0.480. The Balaban J connectivity index is 1.55. The molecule has 0 saturated carbocycles. The van der Waals surface area contributed by atoms with Gasteiger partial charge in [-0.2, -0.15) is 0 Å². The van der Waals surface area contributed by atoms with Gasteiger partial charge in [-0.3, -0.25) is 19.5 Å². The molecule has 3 rings (SSSR count). The molecule has 2 N–H and O–H groups in total. The second-order valence-corrected chi connectivity index (χ2v) is 8.29. The van der Waals surface area contributed by atoms with Crippen molar-refractivity contribution >= 4 is 17.5 Å². The van der Waals surface area contributed by atoms with Gasteiger partial charge in [0.15, 0.2) is 0 Å². The number of benzene rings is 1. The number of anilines is 1. The molecule has 0 radical (unpaired) electrons. The summed E-state index contributed by atoms with van der Waals surface area (Å²) in [5, 5.41) is 5.50. The second-order valence-electron chi connectivity index (χ2n) is 8.29. The van der Waals surface area contributed by atoms with E-state index in [1.54, 1.807) is 24.5 Å². The number of pyridine rings is 1. The summed E-state index contributed by atoms with van der Waals surface area (Å²) in [5.74, 6) is -1.48. The molecule has 0 aliphatic carbocycles. The van der Waals surface area contributed by atoms with Crippen LogP contribution in [0.5, 0.6) is 0 Å². The number of likely N-dealkylation sites (N-methyl/N-ethyl adjacent to an activating group) is 1. The monoisotopic (exact) mass is 470 g/mol. The van der Waals surface area contributed by atoms with E-state index >= 15 is 0 Å². The Morgan fingerprint density at radius 2 is 1.71 bits per heavy atom. The van der Waals surface area contributed by atoms with Gasteiger partial charge in [0.2, 0.25) is 0 Å². The summed E-state index contributed by atoms with van der Waals surface area (Å²) in [6.45, 7) is 10.5. The number of rotatable bonds is 10. The number of aromatic nitrogens is 1. The molecule has 1 fully saturated rings. The first kappa shape index (κ1) is 25.6. The van der Waals surface area contributed by atoms with Crippen LogP contribution in [-0.4, -0.2) is 85.5 Å². The maximum atomic E-state index is 13.3. The van der Waals surface area contributed by atoms with Crippen LogP contribution in [0.25, 0.3) is 0 Å². The molecule has 0 spiro atoms. The number of carbonyl (C=O) groups is 2. The molecular formula is C25H35FN6O2. The standard InChI is InChI=1S/C25H35FN6O2/c1-3-30(4-2)13-12-28-24(33)25(34)29-19-23(20-6-5-11-27-18-20)32-16-14-31(15-17-32)22-9-7-21(26)8-10-22/h5-11,18,23H,3-4,12-17,19H2,1-2H3,(H,28,33)(H,29,34)/t23-/m1/s1. The normalized spacial score (nSPS) is 15.2. The molecule has 0 unspecified atom stereocenters. The maximum Gasteiger partial charge on any atom is 0.309 e. The van der Waals surface area contributed by atoms with Crippen LogP contribution in [0.2, 0.25) is 0 Å². The van der Waals surface area contributed by atoms with Crippen molar-refractivity contribution < 1.29 is 14.0 Å². The van der Waals surface area contributed by atoms with Gasteiger partial charge in [-0.15, -0.1) is 0 Å². The molecule has 1 aliphatic heterocycles. The van der Waals surface area contributed by atoms with Crippen molar-refractivity contribution in [1.82, 2.24) is 25.4 Å². The molecule has 1 aliphatic rings. The van der Waals surface area contributed by atoms with Gasteiger partial charge in [0.25, 0.3) is 0 Å². The smallest absolute Gasteiger partial charge is 0.309 e. The topological polar surface area (TPSA) is 80.8 Å². The Morgan fingerprint density at radius 3 is 2.32 bits per heavy atom. The third kappa shape index (κ3) is 7.23. The fourth-order valence-corrected chi connectivity index (χ4v) is 4.19. The molecule has 1 atom stereocenters. The molecule has 0 bridgehead atoms. The average molecular weight is 471 g/mol. The lowest BCUT2D eigenvalue weighted by Crippen LogP contribution is -2.51. The van der Waals surface area contributed by atoms with Crippen molar-refractivity contribution in [2.75, 3.05) is 63.8 Å². The first-order chi connectivity index (χ1) is 16.5. The number of amides is 2. The van der Waals surface area contributed by atoms with Gasteiger partial charge >= 0.3 is 11.8 Å². The zero-order valence-electron chi connectivity index (χ0n) is 20.0. The van der Waals surface area contributed by atoms with Gasteiger partial charge in [-0.25, -0.2) is 4.39 Å². The Kier molecular flexibility index (Phi) is 9.78. The van der Waals surface area contributed by atoms with E-state index < -0.39 is 11.8 Å². The van der Waals surface area contributed by atoms with E-state index in [0.717, 1.165) is 50.5 Å². The third-order valence-electron chi connectivity index (χ3n) is 6.29. The van der Waals surface area contributed by atoms with Crippen LogP contribution < -0.4 is 15.5 Å². The summed E-state index contributed by atoms with van der Waals surface area (Å²) >= 11 is 0. The predicted octanol–water partition coefficient (Wildman–Crippen LogP) is 1.66. The van der Waals surface area contributed by atoms with Gasteiger partial charge in [-0.1, -0.05) is 19.9 Å². The Bertz CT molecular complexity index is 899. The number of hydrogen-bond acceptors (Lipinski definition) is 6. The highest BCUT2D eigenvalue weighted by Gasteiger charge is 2.26. The number of nitrogens with one attached hydrogen (secondary N) is 2. The molecule has 2 aromatic rings. The minimum atomic E-state index is -0.626. The first-order valence-corrected chi connectivity index (χ1v) is 11.9. The molecule has 2 heterocycles. The highest BCUT2D eigenvalue weighted by Crippen LogP contribution is 2.23. The Hall–Kier alpha value is -3.04. The molecule has 184 valence electrons. The SMILES string of the molecule is CCN(CC)CCNC(=O)C(=O)NC[C@H](c1cccnc1)N1CCN(c2ccc(F)cc2)CC1. The number of piperazine rings is 1. The summed E-state index contributed by atoms with van der Waals surface area (Å²) in [4.78, 5) is 35.6. The number of carbonyl (C=O) groups excluding carboxylic acids is 2. The molecule has 1 aromatic heterocycles. The quantitative estimate of drug-likeness (QED) is 0.514. The molecule has 1 aromatic carbocycles. The zero-order valence-corrected chi connectivity index (χ0v) is 20.0. The first-order valence-electron chi connectivity index (χ1n) is 11.9. The third-order valence-corrected chi connectivity index (χ3v) is 6.29. The van der Waals surface area contributed by atoms with Crippen LogP contribution in [0.15, 0.2) is 48.8 Å². The summed E-state index contributed by atoms with van der Waals surface area (Å²) in [6.07, 6.45) is 3.52. The maximum absolute atomic E-state index is 13.3. The summed E-state index contributed by atoms with van der Waals surface area (Å²) < 4.78 is 13.3. The van der Waals surface area contributed by atoms with E-state index in [4.69, 9.17) is 0 Å². The highest BCUT2D eigenvalue weighted by molar-refractivity contribution is 6.35. The van der Waals surface area contributed by atoms with Crippen molar-refractivity contribution in [3.63, 3.8) is 0 Å². The minimum Gasteiger partial charge on any atom is -0.369 e. The summed E-state index contributed by atoms with van der Waals surface area (Å²) in [7, 11) is 0. The van der Waals surface area contributed by atoms with E-state index in [1.165, 1.54) is 12.1 Å². The largest absolute Gasteiger partial charge is 0.369 e. The lowest BCUT2D eigenvalue weighted by molar-refractivity contribution is -0.139. The molecule has 34 heavy (non-hydrogen) atoms. The van der Waals surface area contributed by atoms with Crippen LogP contribution >= 0.6 is 0 Å².